The number of benzene rings is 2. The number of urea groups is 1. The zero-order chi connectivity index (χ0) is 27.9. The molecule has 5 rings (SSSR count). The van der Waals surface area contributed by atoms with Gasteiger partial charge in [0.1, 0.15) is 5.75 Å². The Labute approximate surface area is 235 Å². The smallest absolute Gasteiger partial charge is 0.323 e. The first-order valence-electron chi connectivity index (χ1n) is 12.6. The Bertz CT molecular complexity index is 1620. The molecule has 0 saturated carbocycles. The number of pyridine rings is 2. The van der Waals surface area contributed by atoms with Crippen molar-refractivity contribution >= 4 is 39.0 Å². The number of carbonyl (C=O) groups is 1. The van der Waals surface area contributed by atoms with Crippen LogP contribution < -0.4 is 20.7 Å². The van der Waals surface area contributed by atoms with E-state index < -0.39 is 11.8 Å². The van der Waals surface area contributed by atoms with Gasteiger partial charge in [-0.05, 0) is 54.4 Å². The lowest BCUT2D eigenvalue weighted by atomic mass is 10.2. The molecular weight excluding hydrogens is 529 g/mol. The van der Waals surface area contributed by atoms with Crippen molar-refractivity contribution in [3.05, 3.63) is 96.1 Å². The van der Waals surface area contributed by atoms with Crippen molar-refractivity contribution < 1.29 is 18.7 Å². The molecule has 3 heterocycles. The van der Waals surface area contributed by atoms with E-state index >= 15 is 0 Å². The number of hydrogen-bond acceptors (Lipinski definition) is 7. The lowest BCUT2D eigenvalue weighted by molar-refractivity contribution is 0.199. The molecule has 0 aliphatic heterocycles. The second kappa shape index (κ2) is 12.6. The van der Waals surface area contributed by atoms with Gasteiger partial charge in [0, 0.05) is 56.1 Å². The van der Waals surface area contributed by atoms with Gasteiger partial charge in [0.2, 0.25) is 0 Å². The van der Waals surface area contributed by atoms with Crippen molar-refractivity contribution in [2.24, 2.45) is 0 Å². The average molecular weight is 558 g/mol. The average Bonchev–Trinajstić information content (AvgIpc) is 3.38. The fraction of sp³-hybridized carbons (Fsp3) is 0.167. The Hall–Kier alpha value is -4.38. The second-order valence-electron chi connectivity index (χ2n) is 9.05. The molecule has 0 bridgehead atoms. The summed E-state index contributed by atoms with van der Waals surface area (Å²) in [6.07, 6.45) is 3.47. The van der Waals surface area contributed by atoms with Gasteiger partial charge in [-0.15, -0.1) is 11.3 Å². The highest BCUT2D eigenvalue weighted by Gasteiger charge is 2.14. The zero-order valence-electron chi connectivity index (χ0n) is 22.0. The summed E-state index contributed by atoms with van der Waals surface area (Å²) in [7, 11) is 1.68. The van der Waals surface area contributed by atoms with Gasteiger partial charge in [0.15, 0.2) is 11.6 Å². The van der Waals surface area contributed by atoms with Crippen molar-refractivity contribution in [2.75, 3.05) is 30.9 Å². The molecule has 0 unspecified atom stereocenters. The van der Waals surface area contributed by atoms with Gasteiger partial charge in [0.25, 0.3) is 0 Å². The highest BCUT2D eigenvalue weighted by atomic mass is 32.1. The third-order valence-corrected chi connectivity index (χ3v) is 7.11. The maximum absolute atomic E-state index is 15.0. The molecule has 40 heavy (non-hydrogen) atoms. The molecule has 0 spiro atoms. The molecule has 0 radical (unpaired) electrons. The monoisotopic (exact) mass is 557 g/mol. The Morgan fingerprint density at radius 1 is 0.975 bits per heavy atom. The molecule has 3 aromatic heterocycles. The second-order valence-corrected chi connectivity index (χ2v) is 10.1. The van der Waals surface area contributed by atoms with Crippen molar-refractivity contribution in [3.8, 4) is 22.1 Å². The van der Waals surface area contributed by atoms with Crippen LogP contribution >= 0.6 is 11.3 Å². The summed E-state index contributed by atoms with van der Waals surface area (Å²) in [5.74, 6) is -0.0842. The van der Waals surface area contributed by atoms with Crippen molar-refractivity contribution in [2.45, 2.75) is 13.5 Å². The largest absolute Gasteiger partial charge is 0.453 e. The van der Waals surface area contributed by atoms with Gasteiger partial charge in [0.05, 0.1) is 27.4 Å². The molecule has 0 fully saturated rings. The number of nitrogens with zero attached hydrogens (tertiary/aromatic N) is 2. The number of fused-ring (bicyclic) bond motifs is 1. The predicted octanol–water partition coefficient (Wildman–Crippen LogP) is 6.98. The van der Waals surface area contributed by atoms with Crippen LogP contribution in [0.4, 0.5) is 20.6 Å². The topological polar surface area (TPSA) is 97.4 Å². The number of carbonyl (C=O) groups excluding carboxylic acids is 1. The van der Waals surface area contributed by atoms with E-state index in [1.54, 1.807) is 31.5 Å². The van der Waals surface area contributed by atoms with Crippen molar-refractivity contribution in [3.63, 3.8) is 0 Å². The Balaban J connectivity index is 1.27. The highest BCUT2D eigenvalue weighted by Crippen LogP contribution is 2.39. The quantitative estimate of drug-likeness (QED) is 0.160. The van der Waals surface area contributed by atoms with Crippen molar-refractivity contribution in [1.29, 1.82) is 0 Å². The van der Waals surface area contributed by atoms with Crippen LogP contribution in [0.2, 0.25) is 0 Å². The first-order chi connectivity index (χ1) is 19.5. The first-order valence-corrected chi connectivity index (χ1v) is 13.5. The van der Waals surface area contributed by atoms with E-state index in [1.165, 1.54) is 23.5 Å². The molecule has 2 aromatic carbocycles. The number of ether oxygens (including phenoxy) is 2. The van der Waals surface area contributed by atoms with Crippen LogP contribution in [0, 0.1) is 12.7 Å². The van der Waals surface area contributed by atoms with Crippen LogP contribution in [0.5, 0.6) is 11.5 Å². The SMILES string of the molecule is COCCNCc1ccc(-c2cc3nccc(Oc4ccc(NC(=O)Nc5cccc(C)c5)cc4F)c3s2)nc1. The summed E-state index contributed by atoms with van der Waals surface area (Å²) in [6.45, 7) is 4.07. The number of thiophene rings is 1. The third kappa shape index (κ3) is 6.78. The van der Waals surface area contributed by atoms with E-state index in [1.807, 2.05) is 49.5 Å². The molecule has 10 heteroatoms. The maximum Gasteiger partial charge on any atom is 0.323 e. The van der Waals surface area contributed by atoms with E-state index in [4.69, 9.17) is 9.47 Å². The van der Waals surface area contributed by atoms with Crippen LogP contribution in [-0.2, 0) is 11.3 Å². The van der Waals surface area contributed by atoms with E-state index in [0.717, 1.165) is 38.5 Å². The summed E-state index contributed by atoms with van der Waals surface area (Å²) >= 11 is 1.48. The number of halogens is 1. The van der Waals surface area contributed by atoms with Gasteiger partial charge < -0.3 is 25.4 Å². The Morgan fingerprint density at radius 3 is 2.58 bits per heavy atom. The van der Waals surface area contributed by atoms with Gasteiger partial charge in [-0.25, -0.2) is 9.18 Å². The summed E-state index contributed by atoms with van der Waals surface area (Å²) in [6, 6.07) is 18.9. The number of methoxy groups -OCH3 is 1. The van der Waals surface area contributed by atoms with Crippen LogP contribution in [-0.4, -0.2) is 36.3 Å². The summed E-state index contributed by atoms with van der Waals surface area (Å²) < 4.78 is 26.8. The highest BCUT2D eigenvalue weighted by molar-refractivity contribution is 7.22. The molecule has 0 aliphatic rings. The van der Waals surface area contributed by atoms with E-state index in [0.29, 0.717) is 30.3 Å². The number of hydrogen-bond donors (Lipinski definition) is 3. The van der Waals surface area contributed by atoms with Crippen LogP contribution in [0.15, 0.2) is 79.1 Å². The lowest BCUT2D eigenvalue weighted by Gasteiger charge is -2.11. The maximum atomic E-state index is 15.0. The number of aryl methyl sites for hydroxylation is 1. The minimum absolute atomic E-state index is 0.0375. The molecular formula is C30H28FN5O3S. The number of anilines is 2. The molecule has 0 saturated heterocycles. The van der Waals surface area contributed by atoms with Crippen LogP contribution in [0.25, 0.3) is 20.8 Å². The number of nitrogens with one attached hydrogen (secondary N) is 3. The minimum Gasteiger partial charge on any atom is -0.453 e. The Kier molecular flexibility index (Phi) is 8.60. The molecule has 3 N–H and O–H groups in total. The summed E-state index contributed by atoms with van der Waals surface area (Å²) in [5, 5.41) is 8.68. The van der Waals surface area contributed by atoms with Crippen LogP contribution in [0.3, 0.4) is 0 Å². The number of amides is 2. The van der Waals surface area contributed by atoms with Crippen molar-refractivity contribution in [1.82, 2.24) is 15.3 Å². The van der Waals surface area contributed by atoms with Gasteiger partial charge >= 0.3 is 6.03 Å². The zero-order valence-corrected chi connectivity index (χ0v) is 22.8. The van der Waals surface area contributed by atoms with E-state index in [-0.39, 0.29) is 5.75 Å². The molecule has 204 valence electrons. The standard InChI is InChI=1S/C30H28FN5O3S/c1-19-4-3-5-21(14-19)35-30(37)36-22-7-9-26(23(31)15-22)39-27-10-11-33-25-16-28(40-29(25)27)24-8-6-20(18-34-24)17-32-12-13-38-2/h3-11,14-16,18,32H,12-13,17H2,1-2H3,(H2,35,36,37). The Morgan fingerprint density at radius 2 is 1.82 bits per heavy atom. The molecule has 5 aromatic rings. The number of rotatable bonds is 10. The van der Waals surface area contributed by atoms with Gasteiger partial charge in [-0.3, -0.25) is 9.97 Å². The molecule has 0 atom stereocenters. The van der Waals surface area contributed by atoms with Gasteiger partial charge in [-0.1, -0.05) is 18.2 Å². The van der Waals surface area contributed by atoms with Gasteiger partial charge in [-0.2, -0.15) is 0 Å². The number of aromatic nitrogens is 2. The lowest BCUT2D eigenvalue weighted by Crippen LogP contribution is -2.19. The normalized spacial score (nSPS) is 11.0. The predicted molar refractivity (Wildman–Crippen MR) is 157 cm³/mol. The minimum atomic E-state index is -0.605. The van der Waals surface area contributed by atoms with E-state index in [2.05, 4.69) is 25.9 Å². The fourth-order valence-corrected chi connectivity index (χ4v) is 5.04. The molecule has 8 nitrogen and oxygen atoms in total. The first kappa shape index (κ1) is 27.2. The van der Waals surface area contributed by atoms with E-state index in [9.17, 15) is 9.18 Å². The molecule has 2 amide bonds. The van der Waals surface area contributed by atoms with Crippen LogP contribution in [0.1, 0.15) is 11.1 Å². The summed E-state index contributed by atoms with van der Waals surface area (Å²) in [5.41, 5.74) is 4.60. The summed E-state index contributed by atoms with van der Waals surface area (Å²) in [4.78, 5) is 22.3. The fourth-order valence-electron chi connectivity index (χ4n) is 4.00. The molecule has 0 aliphatic carbocycles. The third-order valence-electron chi connectivity index (χ3n) is 5.95.